The summed E-state index contributed by atoms with van der Waals surface area (Å²) in [5, 5.41) is 7.13. The largest absolute Gasteiger partial charge is 0.380 e. The van der Waals surface area contributed by atoms with Crippen LogP contribution in [0.25, 0.3) is 11.2 Å². The van der Waals surface area contributed by atoms with E-state index in [1.807, 2.05) is 6.33 Å². The fourth-order valence-electron chi connectivity index (χ4n) is 3.00. The number of imidazole rings is 1. The second-order valence-corrected chi connectivity index (χ2v) is 6.84. The van der Waals surface area contributed by atoms with Crippen molar-refractivity contribution < 1.29 is 0 Å². The zero-order valence-corrected chi connectivity index (χ0v) is 14.1. The van der Waals surface area contributed by atoms with Gasteiger partial charge in [-0.25, -0.2) is 9.97 Å². The minimum atomic E-state index is 0.367. The molecule has 0 saturated carbocycles. The quantitative estimate of drug-likeness (QED) is 0.910. The molecule has 3 rings (SSSR count). The van der Waals surface area contributed by atoms with Gasteiger partial charge < -0.3 is 15.2 Å². The van der Waals surface area contributed by atoms with Gasteiger partial charge in [0.1, 0.15) is 5.52 Å². The van der Waals surface area contributed by atoms with E-state index in [-0.39, 0.29) is 0 Å². The average molecular weight is 301 g/mol. The van der Waals surface area contributed by atoms with Crippen molar-refractivity contribution in [2.45, 2.75) is 58.5 Å². The lowest BCUT2D eigenvalue weighted by Gasteiger charge is -2.25. The minimum Gasteiger partial charge on any atom is -0.380 e. The SMILES string of the molecule is CC(C)c1cc(NC2CCNCC2)c2ncn(C(C)C)c2n1. The molecule has 0 amide bonds. The Bertz CT molecular complexity index is 638. The molecule has 2 N–H and O–H groups in total. The molecule has 1 aliphatic heterocycles. The van der Waals surface area contributed by atoms with Gasteiger partial charge in [-0.1, -0.05) is 13.8 Å². The number of aromatic nitrogens is 3. The average Bonchev–Trinajstić information content (AvgIpc) is 2.92. The molecule has 120 valence electrons. The predicted molar refractivity (Wildman–Crippen MR) is 91.5 cm³/mol. The molecule has 2 aromatic rings. The maximum absolute atomic E-state index is 4.86. The Hall–Kier alpha value is -1.62. The maximum atomic E-state index is 4.86. The molecule has 0 spiro atoms. The van der Waals surface area contributed by atoms with Crippen molar-refractivity contribution in [1.82, 2.24) is 19.9 Å². The molecule has 3 heterocycles. The molecule has 1 aliphatic rings. The summed E-state index contributed by atoms with van der Waals surface area (Å²) in [6.07, 6.45) is 4.23. The molecule has 1 fully saturated rings. The second kappa shape index (κ2) is 6.24. The number of hydrogen-bond acceptors (Lipinski definition) is 4. The predicted octanol–water partition coefficient (Wildman–Crippen LogP) is 3.30. The second-order valence-electron chi connectivity index (χ2n) is 6.84. The molecular weight excluding hydrogens is 274 g/mol. The zero-order chi connectivity index (χ0) is 15.7. The number of rotatable bonds is 4. The number of nitrogens with one attached hydrogen (secondary N) is 2. The lowest BCUT2D eigenvalue weighted by atomic mass is 10.1. The van der Waals surface area contributed by atoms with Gasteiger partial charge in [-0.15, -0.1) is 0 Å². The third-order valence-electron chi connectivity index (χ3n) is 4.40. The van der Waals surface area contributed by atoms with Gasteiger partial charge >= 0.3 is 0 Å². The van der Waals surface area contributed by atoms with Gasteiger partial charge in [0, 0.05) is 17.8 Å². The van der Waals surface area contributed by atoms with Crippen LogP contribution in [0.15, 0.2) is 12.4 Å². The van der Waals surface area contributed by atoms with Crippen LogP contribution in [0.3, 0.4) is 0 Å². The highest BCUT2D eigenvalue weighted by Crippen LogP contribution is 2.28. The van der Waals surface area contributed by atoms with Crippen molar-refractivity contribution in [2.24, 2.45) is 0 Å². The highest BCUT2D eigenvalue weighted by molar-refractivity contribution is 5.86. The lowest BCUT2D eigenvalue weighted by molar-refractivity contribution is 0.479. The molecule has 5 nitrogen and oxygen atoms in total. The summed E-state index contributed by atoms with van der Waals surface area (Å²) in [6.45, 7) is 10.9. The molecule has 0 bridgehead atoms. The highest BCUT2D eigenvalue weighted by atomic mass is 15.1. The molecule has 22 heavy (non-hydrogen) atoms. The topological polar surface area (TPSA) is 54.8 Å². The molecule has 0 radical (unpaired) electrons. The zero-order valence-electron chi connectivity index (χ0n) is 14.1. The van der Waals surface area contributed by atoms with Crippen molar-refractivity contribution in [3.8, 4) is 0 Å². The number of piperidine rings is 1. The summed E-state index contributed by atoms with van der Waals surface area (Å²) in [6, 6.07) is 3.08. The molecule has 0 atom stereocenters. The van der Waals surface area contributed by atoms with Crippen LogP contribution >= 0.6 is 0 Å². The first-order chi connectivity index (χ1) is 10.6. The Kier molecular flexibility index (Phi) is 4.34. The van der Waals surface area contributed by atoms with Crippen LogP contribution in [0, 0.1) is 0 Å². The van der Waals surface area contributed by atoms with Crippen LogP contribution in [0.4, 0.5) is 5.69 Å². The smallest absolute Gasteiger partial charge is 0.162 e. The van der Waals surface area contributed by atoms with Gasteiger partial charge in [0.05, 0.1) is 12.0 Å². The van der Waals surface area contributed by atoms with E-state index in [1.165, 1.54) is 0 Å². The number of fused-ring (bicyclic) bond motifs is 1. The van der Waals surface area contributed by atoms with E-state index in [4.69, 9.17) is 4.98 Å². The van der Waals surface area contributed by atoms with Gasteiger partial charge in [0.2, 0.25) is 0 Å². The van der Waals surface area contributed by atoms with Gasteiger partial charge in [0.25, 0.3) is 0 Å². The van der Waals surface area contributed by atoms with E-state index in [0.29, 0.717) is 18.0 Å². The normalized spacial score (nSPS) is 16.8. The summed E-state index contributed by atoms with van der Waals surface area (Å²) < 4.78 is 2.16. The van der Waals surface area contributed by atoms with Crippen molar-refractivity contribution in [1.29, 1.82) is 0 Å². The summed E-state index contributed by atoms with van der Waals surface area (Å²) in [5.41, 5.74) is 4.26. The fourth-order valence-corrected chi connectivity index (χ4v) is 3.00. The van der Waals surface area contributed by atoms with Crippen LogP contribution in [0.1, 0.15) is 58.2 Å². The van der Waals surface area contributed by atoms with Gasteiger partial charge in [-0.05, 0) is 51.8 Å². The Labute approximate surface area is 132 Å². The first kappa shape index (κ1) is 15.3. The van der Waals surface area contributed by atoms with E-state index in [9.17, 15) is 0 Å². The summed E-state index contributed by atoms with van der Waals surface area (Å²) in [7, 11) is 0. The Morgan fingerprint density at radius 1 is 1.23 bits per heavy atom. The van der Waals surface area contributed by atoms with Crippen LogP contribution in [-0.2, 0) is 0 Å². The van der Waals surface area contributed by atoms with Crippen molar-refractivity contribution in [3.63, 3.8) is 0 Å². The molecular formula is C17H27N5. The Morgan fingerprint density at radius 3 is 2.59 bits per heavy atom. The molecule has 0 unspecified atom stereocenters. The van der Waals surface area contributed by atoms with E-state index in [2.05, 4.69) is 53.9 Å². The van der Waals surface area contributed by atoms with Crippen LogP contribution in [0.2, 0.25) is 0 Å². The molecule has 0 aromatic carbocycles. The van der Waals surface area contributed by atoms with E-state index in [1.54, 1.807) is 0 Å². The fraction of sp³-hybridized carbons (Fsp3) is 0.647. The molecule has 2 aromatic heterocycles. The molecule has 0 aliphatic carbocycles. The monoisotopic (exact) mass is 301 g/mol. The Morgan fingerprint density at radius 2 is 1.95 bits per heavy atom. The number of hydrogen-bond donors (Lipinski definition) is 2. The minimum absolute atomic E-state index is 0.367. The van der Waals surface area contributed by atoms with Gasteiger partial charge in [0.15, 0.2) is 5.65 Å². The number of nitrogens with zero attached hydrogens (tertiary/aromatic N) is 3. The van der Waals surface area contributed by atoms with E-state index < -0.39 is 0 Å². The summed E-state index contributed by atoms with van der Waals surface area (Å²) in [5.74, 6) is 0.411. The van der Waals surface area contributed by atoms with Crippen LogP contribution < -0.4 is 10.6 Å². The van der Waals surface area contributed by atoms with Gasteiger partial charge in [-0.3, -0.25) is 0 Å². The number of anilines is 1. The molecule has 1 saturated heterocycles. The summed E-state index contributed by atoms with van der Waals surface area (Å²) in [4.78, 5) is 9.49. The van der Waals surface area contributed by atoms with E-state index in [0.717, 1.165) is 48.5 Å². The van der Waals surface area contributed by atoms with E-state index >= 15 is 0 Å². The van der Waals surface area contributed by atoms with Crippen LogP contribution in [0.5, 0.6) is 0 Å². The maximum Gasteiger partial charge on any atom is 0.162 e. The lowest BCUT2D eigenvalue weighted by Crippen LogP contribution is -2.35. The third kappa shape index (κ3) is 2.95. The first-order valence-corrected chi connectivity index (χ1v) is 8.41. The van der Waals surface area contributed by atoms with Crippen molar-refractivity contribution in [2.75, 3.05) is 18.4 Å². The van der Waals surface area contributed by atoms with Gasteiger partial charge in [-0.2, -0.15) is 0 Å². The first-order valence-electron chi connectivity index (χ1n) is 8.41. The molecule has 5 heteroatoms. The third-order valence-corrected chi connectivity index (χ3v) is 4.40. The van der Waals surface area contributed by atoms with Crippen molar-refractivity contribution >= 4 is 16.9 Å². The standard InChI is InChI=1S/C17H27N5/c1-11(2)14-9-15(20-13-5-7-18-8-6-13)16-17(21-14)22(10-19-16)12(3)4/h9-13,18H,5-8H2,1-4H3,(H,20,21). The Balaban J connectivity index is 2.02. The number of pyridine rings is 1. The highest BCUT2D eigenvalue weighted by Gasteiger charge is 2.18. The van der Waals surface area contributed by atoms with Crippen molar-refractivity contribution in [3.05, 3.63) is 18.1 Å². The summed E-state index contributed by atoms with van der Waals surface area (Å²) >= 11 is 0. The van der Waals surface area contributed by atoms with Crippen LogP contribution in [-0.4, -0.2) is 33.7 Å².